The van der Waals surface area contributed by atoms with Crippen molar-refractivity contribution in [2.75, 3.05) is 6.61 Å². The first kappa shape index (κ1) is 22.6. The summed E-state index contributed by atoms with van der Waals surface area (Å²) in [4.78, 5) is 32.4. The predicted octanol–water partition coefficient (Wildman–Crippen LogP) is 3.77. The number of Topliss-reactive ketones (excluding diaryl/α,β-unsaturated/α-hetero) is 1. The fraction of sp³-hybridized carbons (Fsp3) is 0.429. The number of halogens is 4. The van der Waals surface area contributed by atoms with Crippen molar-refractivity contribution in [1.82, 2.24) is 15.3 Å². The zero-order valence-electron chi connectivity index (χ0n) is 16.7. The third-order valence-corrected chi connectivity index (χ3v) is 4.80. The van der Waals surface area contributed by atoms with E-state index >= 15 is 0 Å². The van der Waals surface area contributed by atoms with Crippen LogP contribution in [-0.2, 0) is 11.2 Å². The molecule has 1 N–H and O–H groups in total. The summed E-state index contributed by atoms with van der Waals surface area (Å²) in [5.74, 6) is -4.66. The van der Waals surface area contributed by atoms with Gasteiger partial charge < -0.3 is 10.1 Å². The highest BCUT2D eigenvalue weighted by Gasteiger charge is 2.41. The van der Waals surface area contributed by atoms with Crippen molar-refractivity contribution in [3.05, 3.63) is 53.6 Å². The standard InChI is InChI=1S/C21H21F4N3O3/c1-12(14-6-7-26-15(8-14)9-18(29)13-2-3-13)28-19(30)17-5-4-16(10-27-17)31-11-21(24,25)20(22)23/h4-8,10,12-13,20H,2-3,9,11H2,1H3,(H,28,30). The molecule has 2 heterocycles. The average molecular weight is 439 g/mol. The summed E-state index contributed by atoms with van der Waals surface area (Å²) in [7, 11) is 0. The first-order chi connectivity index (χ1) is 14.7. The Kier molecular flexibility index (Phi) is 6.87. The number of amides is 1. The minimum atomic E-state index is -4.28. The Bertz CT molecular complexity index is 934. The lowest BCUT2D eigenvalue weighted by Crippen LogP contribution is -2.33. The Balaban J connectivity index is 1.56. The lowest BCUT2D eigenvalue weighted by molar-refractivity contribution is -0.148. The predicted molar refractivity (Wildman–Crippen MR) is 102 cm³/mol. The summed E-state index contributed by atoms with van der Waals surface area (Å²) < 4.78 is 54.7. The van der Waals surface area contributed by atoms with Crippen LogP contribution < -0.4 is 10.1 Å². The van der Waals surface area contributed by atoms with Gasteiger partial charge in [-0.15, -0.1) is 0 Å². The monoisotopic (exact) mass is 439 g/mol. The second-order valence-corrected chi connectivity index (χ2v) is 7.42. The lowest BCUT2D eigenvalue weighted by Gasteiger charge is -2.16. The minimum Gasteiger partial charge on any atom is -0.485 e. The average Bonchev–Trinajstić information content (AvgIpc) is 3.58. The topological polar surface area (TPSA) is 81.2 Å². The number of hydrogen-bond donors (Lipinski definition) is 1. The normalized spacial score (nSPS) is 14.9. The maximum Gasteiger partial charge on any atom is 0.340 e. The van der Waals surface area contributed by atoms with Crippen molar-refractivity contribution in [1.29, 1.82) is 0 Å². The molecule has 1 unspecified atom stereocenters. The van der Waals surface area contributed by atoms with Gasteiger partial charge in [0.1, 0.15) is 17.2 Å². The van der Waals surface area contributed by atoms with E-state index in [1.165, 1.54) is 12.1 Å². The van der Waals surface area contributed by atoms with Crippen molar-refractivity contribution >= 4 is 11.7 Å². The number of ether oxygens (including phenoxy) is 1. The highest BCUT2D eigenvalue weighted by atomic mass is 19.3. The van der Waals surface area contributed by atoms with Gasteiger partial charge >= 0.3 is 12.3 Å². The SMILES string of the molecule is CC(NC(=O)c1ccc(OCC(F)(F)C(F)F)cn1)c1ccnc(CC(=O)C2CC2)c1. The van der Waals surface area contributed by atoms with E-state index in [1.807, 2.05) is 0 Å². The molecule has 31 heavy (non-hydrogen) atoms. The Hall–Kier alpha value is -3.04. The number of alkyl halides is 4. The molecular formula is C21H21F4N3O3. The highest BCUT2D eigenvalue weighted by Crippen LogP contribution is 2.31. The molecule has 6 nitrogen and oxygen atoms in total. The number of nitrogens with one attached hydrogen (secondary N) is 1. The first-order valence-electron chi connectivity index (χ1n) is 9.69. The number of hydrogen-bond acceptors (Lipinski definition) is 5. The molecule has 1 fully saturated rings. The number of carbonyl (C=O) groups excluding carboxylic acids is 2. The maximum absolute atomic E-state index is 12.9. The van der Waals surface area contributed by atoms with Crippen LogP contribution in [0.1, 0.15) is 47.6 Å². The molecule has 2 aromatic heterocycles. The number of aromatic nitrogens is 2. The molecule has 1 atom stereocenters. The second-order valence-electron chi connectivity index (χ2n) is 7.42. The van der Waals surface area contributed by atoms with Crippen molar-refractivity contribution in [2.24, 2.45) is 5.92 Å². The molecule has 0 aromatic carbocycles. The number of pyridine rings is 2. The Morgan fingerprint density at radius 1 is 1.23 bits per heavy atom. The third-order valence-electron chi connectivity index (χ3n) is 4.80. The van der Waals surface area contributed by atoms with Crippen molar-refractivity contribution in [3.63, 3.8) is 0 Å². The maximum atomic E-state index is 12.9. The third kappa shape index (κ3) is 6.22. The molecule has 0 aliphatic heterocycles. The van der Waals surface area contributed by atoms with Gasteiger partial charge in [0.25, 0.3) is 5.91 Å². The molecular weight excluding hydrogens is 418 g/mol. The van der Waals surface area contributed by atoms with Gasteiger partial charge in [-0.2, -0.15) is 8.78 Å². The van der Waals surface area contributed by atoms with E-state index < -0.39 is 30.9 Å². The smallest absolute Gasteiger partial charge is 0.340 e. The highest BCUT2D eigenvalue weighted by molar-refractivity contribution is 5.92. The largest absolute Gasteiger partial charge is 0.485 e. The van der Waals surface area contributed by atoms with Gasteiger partial charge in [-0.3, -0.25) is 14.6 Å². The van der Waals surface area contributed by atoms with E-state index in [9.17, 15) is 27.2 Å². The molecule has 10 heteroatoms. The van der Waals surface area contributed by atoms with Gasteiger partial charge in [-0.05, 0) is 49.6 Å². The molecule has 2 aromatic rings. The zero-order valence-corrected chi connectivity index (χ0v) is 16.7. The summed E-state index contributed by atoms with van der Waals surface area (Å²) in [6.07, 6.45) is 0.856. The Morgan fingerprint density at radius 2 is 1.97 bits per heavy atom. The van der Waals surface area contributed by atoms with E-state index in [0.29, 0.717) is 5.69 Å². The minimum absolute atomic E-state index is 0.00184. The Morgan fingerprint density at radius 3 is 2.58 bits per heavy atom. The van der Waals surface area contributed by atoms with Gasteiger partial charge in [0.05, 0.1) is 12.2 Å². The summed E-state index contributed by atoms with van der Waals surface area (Å²) in [5.41, 5.74) is 1.39. The summed E-state index contributed by atoms with van der Waals surface area (Å²) in [5, 5.41) is 2.74. The van der Waals surface area contributed by atoms with E-state index in [4.69, 9.17) is 0 Å². The van der Waals surface area contributed by atoms with Crippen LogP contribution in [0.2, 0.25) is 0 Å². The molecule has 0 bridgehead atoms. The van der Waals surface area contributed by atoms with Gasteiger partial charge in [0.15, 0.2) is 6.61 Å². The van der Waals surface area contributed by atoms with Crippen LogP contribution in [0.25, 0.3) is 0 Å². The first-order valence-corrected chi connectivity index (χ1v) is 9.69. The van der Waals surface area contributed by atoms with Crippen LogP contribution in [0.4, 0.5) is 17.6 Å². The number of rotatable bonds is 10. The summed E-state index contributed by atoms with van der Waals surface area (Å²) in [6.45, 7) is 0.256. The number of nitrogens with zero attached hydrogens (tertiary/aromatic N) is 2. The molecule has 1 saturated carbocycles. The van der Waals surface area contributed by atoms with E-state index in [1.54, 1.807) is 25.3 Å². The number of ketones is 1. The molecule has 1 aliphatic rings. The van der Waals surface area contributed by atoms with Crippen LogP contribution in [0.15, 0.2) is 36.7 Å². The molecule has 1 aliphatic carbocycles. The second kappa shape index (κ2) is 9.40. The molecule has 0 saturated heterocycles. The molecule has 0 radical (unpaired) electrons. The van der Waals surface area contributed by atoms with Crippen LogP contribution in [0, 0.1) is 5.92 Å². The van der Waals surface area contributed by atoms with Crippen LogP contribution in [-0.4, -0.2) is 40.6 Å². The zero-order chi connectivity index (χ0) is 22.6. The van der Waals surface area contributed by atoms with Crippen LogP contribution in [0.3, 0.4) is 0 Å². The van der Waals surface area contributed by atoms with Crippen molar-refractivity contribution in [2.45, 2.75) is 44.6 Å². The van der Waals surface area contributed by atoms with Gasteiger partial charge in [0, 0.05) is 24.2 Å². The fourth-order valence-electron chi connectivity index (χ4n) is 2.79. The Labute approximate surface area is 176 Å². The van der Waals surface area contributed by atoms with Gasteiger partial charge in [-0.1, -0.05) is 0 Å². The molecule has 3 rings (SSSR count). The van der Waals surface area contributed by atoms with Gasteiger partial charge in [-0.25, -0.2) is 13.8 Å². The summed E-state index contributed by atoms with van der Waals surface area (Å²) in [6, 6.07) is 5.52. The lowest BCUT2D eigenvalue weighted by atomic mass is 10.1. The molecule has 166 valence electrons. The van der Waals surface area contributed by atoms with Crippen LogP contribution in [0.5, 0.6) is 5.75 Å². The number of carbonyl (C=O) groups is 2. The van der Waals surface area contributed by atoms with E-state index in [0.717, 1.165) is 24.6 Å². The van der Waals surface area contributed by atoms with E-state index in [2.05, 4.69) is 20.0 Å². The van der Waals surface area contributed by atoms with Crippen molar-refractivity contribution in [3.8, 4) is 5.75 Å². The van der Waals surface area contributed by atoms with Crippen molar-refractivity contribution < 1.29 is 31.9 Å². The molecule has 0 spiro atoms. The fourth-order valence-corrected chi connectivity index (χ4v) is 2.79. The van der Waals surface area contributed by atoms with Crippen LogP contribution >= 0.6 is 0 Å². The molecule has 1 amide bonds. The summed E-state index contributed by atoms with van der Waals surface area (Å²) >= 11 is 0. The van der Waals surface area contributed by atoms with E-state index in [-0.39, 0.29) is 29.6 Å². The quantitative estimate of drug-likeness (QED) is 0.570. The van der Waals surface area contributed by atoms with Gasteiger partial charge in [0.2, 0.25) is 0 Å².